The van der Waals surface area contributed by atoms with Crippen LogP contribution in [0.2, 0.25) is 10.0 Å². The zero-order valence-corrected chi connectivity index (χ0v) is 19.1. The quantitative estimate of drug-likeness (QED) is 0.489. The maximum absolute atomic E-state index is 12.9. The first-order valence-corrected chi connectivity index (χ1v) is 12.6. The van der Waals surface area contributed by atoms with E-state index in [-0.39, 0.29) is 14.9 Å². The van der Waals surface area contributed by atoms with Gasteiger partial charge in [-0.1, -0.05) is 29.3 Å². The van der Waals surface area contributed by atoms with Gasteiger partial charge in [-0.05, 0) is 60.9 Å². The summed E-state index contributed by atoms with van der Waals surface area (Å²) in [4.78, 5) is 17.0. The van der Waals surface area contributed by atoms with Crippen LogP contribution in [0.3, 0.4) is 0 Å². The summed E-state index contributed by atoms with van der Waals surface area (Å²) in [5, 5.41) is 3.90. The third-order valence-corrected chi connectivity index (χ3v) is 7.11. The molecule has 10 heteroatoms. The second-order valence-electron chi connectivity index (χ2n) is 6.43. The maximum Gasteiger partial charge on any atom is 0.242 e. The summed E-state index contributed by atoms with van der Waals surface area (Å²) in [6.45, 7) is 0. The van der Waals surface area contributed by atoms with Crippen molar-refractivity contribution in [3.63, 3.8) is 0 Å². The van der Waals surface area contributed by atoms with Crippen molar-refractivity contribution < 1.29 is 13.2 Å². The van der Waals surface area contributed by atoms with E-state index in [0.717, 1.165) is 10.9 Å². The Hall–Kier alpha value is -1.84. The molecule has 1 heterocycles. The molecule has 1 unspecified atom stereocenters. The molecule has 3 aromatic rings. The molecule has 0 saturated carbocycles. The van der Waals surface area contributed by atoms with E-state index in [1.54, 1.807) is 30.5 Å². The Bertz CT molecular complexity index is 1170. The van der Waals surface area contributed by atoms with Gasteiger partial charge in [0.15, 0.2) is 0 Å². The van der Waals surface area contributed by atoms with E-state index in [9.17, 15) is 13.2 Å². The smallest absolute Gasteiger partial charge is 0.242 e. The number of carbonyl (C=O) groups is 1. The van der Waals surface area contributed by atoms with Gasteiger partial charge in [-0.15, -0.1) is 0 Å². The highest BCUT2D eigenvalue weighted by atomic mass is 35.5. The Morgan fingerprint density at radius 1 is 1.17 bits per heavy atom. The highest BCUT2D eigenvalue weighted by Crippen LogP contribution is 2.25. The van der Waals surface area contributed by atoms with Gasteiger partial charge < -0.3 is 5.32 Å². The number of rotatable bonds is 8. The monoisotopic (exact) mass is 483 g/mol. The molecular formula is C20H19Cl2N3O3S2. The molecule has 0 bridgehead atoms. The largest absolute Gasteiger partial charge is 0.325 e. The Balaban J connectivity index is 1.83. The van der Waals surface area contributed by atoms with Gasteiger partial charge >= 0.3 is 0 Å². The van der Waals surface area contributed by atoms with E-state index in [4.69, 9.17) is 23.2 Å². The number of aromatic nitrogens is 1. The fourth-order valence-corrected chi connectivity index (χ4v) is 5.26. The van der Waals surface area contributed by atoms with Crippen LogP contribution in [0, 0.1) is 0 Å². The average Bonchev–Trinajstić information content (AvgIpc) is 2.72. The van der Waals surface area contributed by atoms with Crippen LogP contribution in [0.5, 0.6) is 0 Å². The molecule has 1 aromatic heterocycles. The normalized spacial score (nSPS) is 12.6. The first-order valence-electron chi connectivity index (χ1n) is 8.92. The van der Waals surface area contributed by atoms with Crippen molar-refractivity contribution in [2.75, 3.05) is 17.3 Å². The molecule has 0 radical (unpaired) electrons. The molecule has 0 aliphatic heterocycles. The van der Waals surface area contributed by atoms with Crippen LogP contribution in [-0.4, -0.2) is 37.4 Å². The second kappa shape index (κ2) is 9.98. The van der Waals surface area contributed by atoms with Crippen molar-refractivity contribution in [2.24, 2.45) is 0 Å². The van der Waals surface area contributed by atoms with Crippen molar-refractivity contribution in [3.05, 3.63) is 64.8 Å². The van der Waals surface area contributed by atoms with Gasteiger partial charge in [0.25, 0.3) is 0 Å². The molecule has 30 heavy (non-hydrogen) atoms. The van der Waals surface area contributed by atoms with Gasteiger partial charge in [0, 0.05) is 22.3 Å². The zero-order valence-electron chi connectivity index (χ0n) is 15.9. The van der Waals surface area contributed by atoms with E-state index in [1.165, 1.54) is 30.0 Å². The van der Waals surface area contributed by atoms with E-state index < -0.39 is 22.0 Å². The predicted molar refractivity (Wildman–Crippen MR) is 124 cm³/mol. The number of nitrogens with one attached hydrogen (secondary N) is 2. The summed E-state index contributed by atoms with van der Waals surface area (Å²) < 4.78 is 28.2. The number of pyridine rings is 1. The Morgan fingerprint density at radius 3 is 2.73 bits per heavy atom. The van der Waals surface area contributed by atoms with Crippen LogP contribution < -0.4 is 10.0 Å². The number of benzene rings is 2. The van der Waals surface area contributed by atoms with Gasteiger partial charge in [0.2, 0.25) is 15.9 Å². The van der Waals surface area contributed by atoms with Crippen molar-refractivity contribution in [1.29, 1.82) is 0 Å². The van der Waals surface area contributed by atoms with E-state index in [1.807, 2.05) is 12.3 Å². The summed E-state index contributed by atoms with van der Waals surface area (Å²) >= 11 is 13.5. The average molecular weight is 484 g/mol. The molecule has 158 valence electrons. The second-order valence-corrected chi connectivity index (χ2v) is 9.94. The van der Waals surface area contributed by atoms with Gasteiger partial charge in [0.05, 0.1) is 10.5 Å². The number of anilines is 1. The van der Waals surface area contributed by atoms with Crippen LogP contribution in [0.4, 0.5) is 5.69 Å². The SMILES string of the molecule is CSCCC(NS(=O)(=O)c1cc(Cl)ccc1Cl)C(=O)Nc1ccc2ncccc2c1. The van der Waals surface area contributed by atoms with Crippen LogP contribution in [0.15, 0.2) is 59.6 Å². The Labute approximate surface area is 189 Å². The summed E-state index contributed by atoms with van der Waals surface area (Å²) in [6.07, 6.45) is 3.88. The molecule has 1 amide bonds. The van der Waals surface area contributed by atoms with Gasteiger partial charge in [0.1, 0.15) is 10.9 Å². The third kappa shape index (κ3) is 5.65. The summed E-state index contributed by atoms with van der Waals surface area (Å²) in [7, 11) is -4.06. The number of nitrogens with zero attached hydrogens (tertiary/aromatic N) is 1. The third-order valence-electron chi connectivity index (χ3n) is 4.28. The minimum absolute atomic E-state index is 0.0259. The highest BCUT2D eigenvalue weighted by Gasteiger charge is 2.27. The van der Waals surface area contributed by atoms with Gasteiger partial charge in [-0.2, -0.15) is 16.5 Å². The molecule has 0 aliphatic rings. The molecule has 1 atom stereocenters. The van der Waals surface area contributed by atoms with E-state index in [2.05, 4.69) is 15.0 Å². The molecule has 0 aliphatic carbocycles. The summed E-state index contributed by atoms with van der Waals surface area (Å²) in [5.41, 5.74) is 1.35. The molecule has 3 rings (SSSR count). The number of hydrogen-bond acceptors (Lipinski definition) is 5. The number of amides is 1. The topological polar surface area (TPSA) is 88.2 Å². The molecule has 0 spiro atoms. The summed E-state index contributed by atoms with van der Waals surface area (Å²) in [5.74, 6) is 0.125. The Kier molecular flexibility index (Phi) is 7.60. The lowest BCUT2D eigenvalue weighted by Gasteiger charge is -2.19. The number of thioether (sulfide) groups is 1. The molecule has 6 nitrogen and oxygen atoms in total. The molecule has 2 aromatic carbocycles. The molecular weight excluding hydrogens is 465 g/mol. The Morgan fingerprint density at radius 2 is 1.97 bits per heavy atom. The van der Waals surface area contributed by atoms with Crippen LogP contribution in [-0.2, 0) is 14.8 Å². The predicted octanol–water partition coefficient (Wildman–Crippen LogP) is 4.58. The lowest BCUT2D eigenvalue weighted by Crippen LogP contribution is -2.44. The fourth-order valence-electron chi connectivity index (χ4n) is 2.80. The minimum atomic E-state index is -4.06. The lowest BCUT2D eigenvalue weighted by atomic mass is 10.2. The van der Waals surface area contributed by atoms with Crippen molar-refractivity contribution in [1.82, 2.24) is 9.71 Å². The number of halogens is 2. The van der Waals surface area contributed by atoms with Crippen LogP contribution in [0.25, 0.3) is 10.9 Å². The zero-order chi connectivity index (χ0) is 21.7. The maximum atomic E-state index is 12.9. The van der Waals surface area contributed by atoms with E-state index >= 15 is 0 Å². The number of fused-ring (bicyclic) bond motifs is 1. The van der Waals surface area contributed by atoms with E-state index in [0.29, 0.717) is 17.9 Å². The number of carbonyl (C=O) groups excluding carboxylic acids is 1. The minimum Gasteiger partial charge on any atom is -0.325 e. The molecule has 0 saturated heterocycles. The van der Waals surface area contributed by atoms with Crippen LogP contribution >= 0.6 is 35.0 Å². The highest BCUT2D eigenvalue weighted by molar-refractivity contribution is 7.98. The van der Waals surface area contributed by atoms with Crippen molar-refractivity contribution >= 4 is 67.5 Å². The van der Waals surface area contributed by atoms with Gasteiger partial charge in [-0.3, -0.25) is 9.78 Å². The lowest BCUT2D eigenvalue weighted by molar-refractivity contribution is -0.117. The van der Waals surface area contributed by atoms with Crippen molar-refractivity contribution in [3.8, 4) is 0 Å². The molecule has 0 fully saturated rings. The molecule has 2 N–H and O–H groups in total. The van der Waals surface area contributed by atoms with Crippen molar-refractivity contribution in [2.45, 2.75) is 17.4 Å². The number of sulfonamides is 1. The van der Waals surface area contributed by atoms with Crippen LogP contribution in [0.1, 0.15) is 6.42 Å². The first kappa shape index (κ1) is 22.8. The fraction of sp³-hybridized carbons (Fsp3) is 0.200. The summed E-state index contributed by atoms with van der Waals surface area (Å²) in [6, 6.07) is 12.2. The number of hydrogen-bond donors (Lipinski definition) is 2. The van der Waals surface area contributed by atoms with Gasteiger partial charge in [-0.25, -0.2) is 8.42 Å². The first-order chi connectivity index (χ1) is 14.3. The standard InChI is InChI=1S/C20H19Cl2N3O3S2/c1-29-10-8-18(25-30(27,28)19-12-14(21)4-6-16(19)22)20(26)24-15-5-7-17-13(11-15)3-2-9-23-17/h2-7,9,11-12,18,25H,8,10H2,1H3,(H,24,26).